The Morgan fingerprint density at radius 3 is 2.05 bits per heavy atom. The van der Waals surface area contributed by atoms with Crippen molar-refractivity contribution in [2.24, 2.45) is 5.41 Å². The molecule has 1 aromatic carbocycles. The molecule has 1 N–H and O–H groups in total. The van der Waals surface area contributed by atoms with Gasteiger partial charge >= 0.3 is 5.97 Å². The summed E-state index contributed by atoms with van der Waals surface area (Å²) in [5.74, 6) is -2.25. The van der Waals surface area contributed by atoms with Gasteiger partial charge in [0.15, 0.2) is 0 Å². The quantitative estimate of drug-likeness (QED) is 0.871. The fourth-order valence-electron chi connectivity index (χ4n) is 3.55. The molecule has 2 bridgehead atoms. The Morgan fingerprint density at radius 1 is 1.05 bits per heavy atom. The third kappa shape index (κ3) is 2.67. The monoisotopic (exact) mass is 296 g/mol. The number of fused-ring (bicyclic) bond motifs is 3. The van der Waals surface area contributed by atoms with Gasteiger partial charge in [-0.25, -0.2) is 13.6 Å². The van der Waals surface area contributed by atoms with E-state index in [1.807, 2.05) is 0 Å². The summed E-state index contributed by atoms with van der Waals surface area (Å²) in [5, 5.41) is 9.48. The van der Waals surface area contributed by atoms with E-state index >= 15 is 0 Å². The van der Waals surface area contributed by atoms with E-state index in [0.717, 1.165) is 37.5 Å². The van der Waals surface area contributed by atoms with E-state index in [0.29, 0.717) is 19.3 Å². The fourth-order valence-corrected chi connectivity index (χ4v) is 3.55. The second-order valence-corrected chi connectivity index (χ2v) is 6.39. The van der Waals surface area contributed by atoms with E-state index in [1.165, 1.54) is 0 Å². The molecule has 0 aromatic heterocycles. The summed E-state index contributed by atoms with van der Waals surface area (Å²) in [4.78, 5) is 12.1. The van der Waals surface area contributed by atoms with Crippen LogP contribution in [0.25, 0.3) is 0 Å². The third-order valence-corrected chi connectivity index (χ3v) is 5.08. The van der Waals surface area contributed by atoms with Gasteiger partial charge in [0.05, 0.1) is 5.56 Å². The molecule has 5 heteroatoms. The van der Waals surface area contributed by atoms with Crippen molar-refractivity contribution in [2.75, 3.05) is 6.61 Å². The van der Waals surface area contributed by atoms with Gasteiger partial charge in [0.2, 0.25) is 0 Å². The number of carbonyl (C=O) groups is 1. The lowest BCUT2D eigenvalue weighted by molar-refractivity contribution is -0.115. The van der Waals surface area contributed by atoms with Gasteiger partial charge in [0.25, 0.3) is 0 Å². The van der Waals surface area contributed by atoms with E-state index in [1.54, 1.807) is 0 Å². The second-order valence-electron chi connectivity index (χ2n) is 6.39. The summed E-state index contributed by atoms with van der Waals surface area (Å²) >= 11 is 0. The zero-order chi connectivity index (χ0) is 15.1. The molecule has 0 atom stereocenters. The van der Waals surface area contributed by atoms with Crippen LogP contribution in [-0.4, -0.2) is 23.3 Å². The molecule has 21 heavy (non-hydrogen) atoms. The van der Waals surface area contributed by atoms with Gasteiger partial charge in [-0.2, -0.15) is 0 Å². The zero-order valence-electron chi connectivity index (χ0n) is 11.7. The molecule has 1 aromatic rings. The van der Waals surface area contributed by atoms with Crippen LogP contribution in [0.1, 0.15) is 48.9 Å². The molecule has 0 spiro atoms. The number of aliphatic hydroxyl groups excluding tert-OH is 1. The van der Waals surface area contributed by atoms with Crippen molar-refractivity contribution in [1.82, 2.24) is 0 Å². The minimum absolute atomic E-state index is 0.0148. The predicted octanol–water partition coefficient (Wildman–Crippen LogP) is 3.21. The summed E-state index contributed by atoms with van der Waals surface area (Å²) in [7, 11) is 0. The van der Waals surface area contributed by atoms with E-state index < -0.39 is 23.2 Å². The van der Waals surface area contributed by atoms with Gasteiger partial charge in [0, 0.05) is 12.7 Å². The smallest absolute Gasteiger partial charge is 0.338 e. The SMILES string of the molecule is O=C(OC12CCC(CO)(CC1)CC2)c1cc(F)cc(F)c1. The topological polar surface area (TPSA) is 46.5 Å². The maximum atomic E-state index is 13.2. The minimum Gasteiger partial charge on any atom is -0.455 e. The molecule has 3 saturated carbocycles. The number of rotatable bonds is 3. The van der Waals surface area contributed by atoms with E-state index in [2.05, 4.69) is 0 Å². The van der Waals surface area contributed by atoms with Gasteiger partial charge in [-0.15, -0.1) is 0 Å². The number of halogens is 2. The normalized spacial score (nSPS) is 31.2. The molecule has 0 aliphatic heterocycles. The molecule has 4 rings (SSSR count). The maximum absolute atomic E-state index is 13.2. The van der Waals surface area contributed by atoms with E-state index in [-0.39, 0.29) is 17.6 Å². The van der Waals surface area contributed by atoms with Crippen molar-refractivity contribution in [3.63, 3.8) is 0 Å². The van der Waals surface area contributed by atoms with Crippen LogP contribution in [-0.2, 0) is 4.74 Å². The number of hydrogen-bond acceptors (Lipinski definition) is 3. The Labute approximate surface area is 121 Å². The highest BCUT2D eigenvalue weighted by atomic mass is 19.1. The van der Waals surface area contributed by atoms with Crippen LogP contribution in [0.2, 0.25) is 0 Å². The molecule has 3 aliphatic rings. The number of benzene rings is 1. The van der Waals surface area contributed by atoms with Crippen LogP contribution < -0.4 is 0 Å². The lowest BCUT2D eigenvalue weighted by atomic mass is 9.59. The molecule has 0 heterocycles. The Morgan fingerprint density at radius 2 is 1.57 bits per heavy atom. The van der Waals surface area contributed by atoms with Gasteiger partial charge in [0.1, 0.15) is 17.2 Å². The Kier molecular flexibility index (Phi) is 3.48. The molecule has 114 valence electrons. The Hall–Kier alpha value is -1.49. The molecule has 0 saturated heterocycles. The highest BCUT2D eigenvalue weighted by Crippen LogP contribution is 2.53. The molecule has 3 fully saturated rings. The molecule has 3 nitrogen and oxygen atoms in total. The fraction of sp³-hybridized carbons (Fsp3) is 0.562. The molecular formula is C16H18F2O3. The first kappa shape index (κ1) is 14.4. The van der Waals surface area contributed by atoms with E-state index in [9.17, 15) is 18.7 Å². The van der Waals surface area contributed by atoms with Gasteiger partial charge in [-0.3, -0.25) is 0 Å². The van der Waals surface area contributed by atoms with Crippen molar-refractivity contribution in [2.45, 2.75) is 44.1 Å². The third-order valence-electron chi connectivity index (χ3n) is 5.08. The average molecular weight is 296 g/mol. The Balaban J connectivity index is 1.74. The number of hydrogen-bond donors (Lipinski definition) is 1. The van der Waals surface area contributed by atoms with Crippen LogP contribution >= 0.6 is 0 Å². The summed E-state index contributed by atoms with van der Waals surface area (Å²) in [5.41, 5.74) is -0.637. The summed E-state index contributed by atoms with van der Waals surface area (Å²) in [6, 6.07) is 2.71. The number of ether oxygens (including phenoxy) is 1. The predicted molar refractivity (Wildman–Crippen MR) is 71.7 cm³/mol. The first-order valence-corrected chi connectivity index (χ1v) is 7.26. The van der Waals surface area contributed by atoms with Crippen molar-refractivity contribution < 1.29 is 23.4 Å². The number of esters is 1. The van der Waals surface area contributed by atoms with Crippen molar-refractivity contribution in [3.8, 4) is 0 Å². The highest BCUT2D eigenvalue weighted by Gasteiger charge is 2.50. The largest absolute Gasteiger partial charge is 0.455 e. The van der Waals surface area contributed by atoms with E-state index in [4.69, 9.17) is 4.74 Å². The van der Waals surface area contributed by atoms with Crippen LogP contribution in [0.4, 0.5) is 8.78 Å². The zero-order valence-corrected chi connectivity index (χ0v) is 11.7. The molecule has 0 unspecified atom stereocenters. The lowest BCUT2D eigenvalue weighted by Gasteiger charge is -2.51. The summed E-state index contributed by atoms with van der Waals surface area (Å²) in [6.45, 7) is 0.173. The highest BCUT2D eigenvalue weighted by molar-refractivity contribution is 5.89. The Bertz CT molecular complexity index is 526. The molecule has 0 amide bonds. The molecular weight excluding hydrogens is 278 g/mol. The second kappa shape index (κ2) is 5.05. The maximum Gasteiger partial charge on any atom is 0.338 e. The van der Waals surface area contributed by atoms with Crippen LogP contribution in [0.5, 0.6) is 0 Å². The molecule has 0 radical (unpaired) electrons. The van der Waals surface area contributed by atoms with Gasteiger partial charge in [-0.1, -0.05) is 0 Å². The first-order valence-electron chi connectivity index (χ1n) is 7.26. The van der Waals surface area contributed by atoms with Crippen molar-refractivity contribution in [3.05, 3.63) is 35.4 Å². The van der Waals surface area contributed by atoms with Crippen molar-refractivity contribution in [1.29, 1.82) is 0 Å². The number of carbonyl (C=O) groups excluding carboxylic acids is 1. The van der Waals surface area contributed by atoms with Crippen LogP contribution in [0.15, 0.2) is 18.2 Å². The van der Waals surface area contributed by atoms with Crippen LogP contribution in [0, 0.1) is 17.0 Å². The van der Waals surface area contributed by atoms with Crippen molar-refractivity contribution >= 4 is 5.97 Å². The van der Waals surface area contributed by atoms with Crippen LogP contribution in [0.3, 0.4) is 0 Å². The number of aliphatic hydroxyl groups is 1. The molecule has 3 aliphatic carbocycles. The van der Waals surface area contributed by atoms with Gasteiger partial charge < -0.3 is 9.84 Å². The average Bonchev–Trinajstić information content (AvgIpc) is 2.48. The standard InChI is InChI=1S/C16H18F2O3/c17-12-7-11(8-13(18)9-12)14(20)21-16-4-1-15(10-19,2-5-16)3-6-16/h7-9,19H,1-6,10H2. The first-order chi connectivity index (χ1) is 9.96. The minimum atomic E-state index is -0.786. The summed E-state index contributed by atoms with van der Waals surface area (Å²) in [6.07, 6.45) is 4.60. The lowest BCUT2D eigenvalue weighted by Crippen LogP contribution is -2.50. The van der Waals surface area contributed by atoms with Gasteiger partial charge in [-0.05, 0) is 56.1 Å². The summed E-state index contributed by atoms with van der Waals surface area (Å²) < 4.78 is 31.9.